The van der Waals surface area contributed by atoms with Crippen molar-refractivity contribution < 1.29 is 0 Å². The first-order chi connectivity index (χ1) is 36.2. The number of hydrogen-bond acceptors (Lipinski definition) is 1. The van der Waals surface area contributed by atoms with E-state index in [0.717, 1.165) is 0 Å². The molecule has 0 bridgehead atoms. The van der Waals surface area contributed by atoms with Gasteiger partial charge in [0.25, 0.3) is 0 Å². The van der Waals surface area contributed by atoms with E-state index in [1.807, 2.05) is 0 Å². The number of benzene rings is 19. The molecule has 1 saturated heterocycles. The van der Waals surface area contributed by atoms with Crippen molar-refractivity contribution in [3.8, 4) is 0 Å². The largest absolute Gasteiger partial charge is 0.305 e. The number of hydrogen-bond donors (Lipinski definition) is 1. The molecular formula is C72H17N. The standard InChI is InChI=1S/C72H17N/c1-8(2)69-71-65-57-49-39-29-21-13-11-12-15-19-17(13)25-33-27(19)37-31-23(15)24-16(12)20-18-14(11)22(21)30-36-26(18)34-28(20)38-32(24)42-41(31)51-45(37)55-47(33)53(43(49)35(25)29)59(65)63(55)67-61(51)62-52(42)46(38)56-48(34)54-44(36)50(40(30)39)58(57)66(71)60(54)64(56)68(62)72(67,71)70(73-69)10-6-4-9(3)5-7-10/h4-8,69-70,73H,1-3H3. The molecule has 73 heavy (non-hydrogen) atoms. The van der Waals surface area contributed by atoms with Gasteiger partial charge < -0.3 is 5.32 Å². The average Bonchev–Trinajstić information content (AvgIpc) is 3.42. The van der Waals surface area contributed by atoms with Crippen molar-refractivity contribution in [2.24, 2.45) is 5.92 Å². The van der Waals surface area contributed by atoms with Gasteiger partial charge >= 0.3 is 0 Å². The fourth-order valence-electron chi connectivity index (χ4n) is 26.7. The summed E-state index contributed by atoms with van der Waals surface area (Å²) in [5.41, 5.74) is 9.30. The molecule has 1 heterocycles. The van der Waals surface area contributed by atoms with E-state index in [9.17, 15) is 0 Å². The maximum Gasteiger partial charge on any atom is 0.0575 e. The van der Waals surface area contributed by atoms with Gasteiger partial charge in [0.2, 0.25) is 0 Å². The average molecular weight is 896 g/mol. The summed E-state index contributed by atoms with van der Waals surface area (Å²) in [6.45, 7) is 7.54. The van der Waals surface area contributed by atoms with Crippen LogP contribution in [0.2, 0.25) is 0 Å². The van der Waals surface area contributed by atoms with Crippen LogP contribution in [-0.4, -0.2) is 6.04 Å². The SMILES string of the molecule is Cc1ccc(C2NC(C(C)C)C34c5c6c7c8c9c%10c(c%11c%12c3c3c5c5c%13c6c6c7c7c9c9c%14c%10c%10c%11c%11c%12c%12c3c3c5c5c%13c%13c6c6c7c9c7c9c%14c%10c%10c%11c%11c%12c3c3c5c5c%13c6c7c6c9c%10c%11c3c56)C824)cc1. The summed E-state index contributed by atoms with van der Waals surface area (Å²) in [6.07, 6.45) is 0. The Kier molecular flexibility index (Phi) is 2.45. The Labute approximate surface area is 401 Å². The lowest BCUT2D eigenvalue weighted by Gasteiger charge is -2.54. The highest BCUT2D eigenvalue weighted by Gasteiger charge is 2.77. The molecule has 0 aromatic heterocycles. The fraction of sp³-hybridized carbons (Fsp3) is 0.111. The second kappa shape index (κ2) is 6.39. The summed E-state index contributed by atoms with van der Waals surface area (Å²) in [6, 6.07) is 10.4. The summed E-state index contributed by atoms with van der Waals surface area (Å²) in [4.78, 5) is 0. The van der Waals surface area contributed by atoms with Crippen molar-refractivity contribution in [2.75, 3.05) is 0 Å². The first kappa shape index (κ1) is 28.0. The van der Waals surface area contributed by atoms with Crippen LogP contribution in [0.4, 0.5) is 0 Å². The van der Waals surface area contributed by atoms with E-state index < -0.39 is 0 Å². The zero-order valence-electron chi connectivity index (χ0n) is 38.5. The lowest BCUT2D eigenvalue weighted by atomic mass is 9.45. The number of nitrogens with one attached hydrogen (secondary N) is 1. The van der Waals surface area contributed by atoms with Crippen LogP contribution in [0.3, 0.4) is 0 Å². The monoisotopic (exact) mass is 895 g/mol. The molecule has 5 aliphatic rings. The van der Waals surface area contributed by atoms with E-state index in [4.69, 9.17) is 5.32 Å². The van der Waals surface area contributed by atoms with Gasteiger partial charge in [0.1, 0.15) is 0 Å². The highest BCUT2D eigenvalue weighted by atomic mass is 15.1. The fourth-order valence-corrected chi connectivity index (χ4v) is 26.7. The Balaban J connectivity index is 1.16. The third kappa shape index (κ3) is 1.52. The molecule has 4 aliphatic carbocycles. The van der Waals surface area contributed by atoms with E-state index in [-0.39, 0.29) is 22.9 Å². The Bertz CT molecular complexity index is 7290. The van der Waals surface area contributed by atoms with Crippen molar-refractivity contribution in [1.82, 2.24) is 5.32 Å². The zero-order chi connectivity index (χ0) is 43.9. The highest BCUT2D eigenvalue weighted by Crippen LogP contribution is 2.87. The first-order valence-electron chi connectivity index (χ1n) is 27.8. The summed E-state index contributed by atoms with van der Waals surface area (Å²) in [5, 5.41) is 95.4. The molecule has 0 amide bonds. The molecule has 2 unspecified atom stereocenters. The van der Waals surface area contributed by atoms with Crippen LogP contribution < -0.4 is 5.32 Å². The lowest BCUT2D eigenvalue weighted by Crippen LogP contribution is -2.56. The van der Waals surface area contributed by atoms with E-state index in [2.05, 4.69) is 45.0 Å². The van der Waals surface area contributed by atoms with Crippen LogP contribution in [-0.2, 0) is 10.8 Å². The van der Waals surface area contributed by atoms with Crippen molar-refractivity contribution in [2.45, 2.75) is 43.7 Å². The van der Waals surface area contributed by atoms with Crippen LogP contribution >= 0.6 is 0 Å². The number of aryl methyl sites for hydroxylation is 1. The Morgan fingerprint density at radius 3 is 0.630 bits per heavy atom. The van der Waals surface area contributed by atoms with Gasteiger partial charge in [-0.05, 0) is 332 Å². The molecule has 2 spiro atoms. The third-order valence-corrected chi connectivity index (χ3v) is 26.8. The van der Waals surface area contributed by atoms with Gasteiger partial charge in [0, 0.05) is 12.1 Å². The topological polar surface area (TPSA) is 12.0 Å². The first-order valence-corrected chi connectivity index (χ1v) is 27.8. The molecule has 34 rings (SSSR count). The van der Waals surface area contributed by atoms with Crippen LogP contribution in [0.5, 0.6) is 0 Å². The smallest absolute Gasteiger partial charge is 0.0575 e. The highest BCUT2D eigenvalue weighted by molar-refractivity contribution is 6.82. The molecular weight excluding hydrogens is 879 g/mol. The van der Waals surface area contributed by atoms with Crippen LogP contribution in [0.15, 0.2) is 24.3 Å². The molecule has 29 aromatic rings. The molecule has 1 heteroatoms. The minimum atomic E-state index is -0.345. The van der Waals surface area contributed by atoms with Gasteiger partial charge in [-0.25, -0.2) is 0 Å². The molecule has 1 N–H and O–H groups in total. The summed E-state index contributed by atoms with van der Waals surface area (Å²) in [5.74, 6) is 0.400. The predicted molar refractivity (Wildman–Crippen MR) is 310 cm³/mol. The number of rotatable bonds is 2. The van der Waals surface area contributed by atoms with Gasteiger partial charge in [-0.15, -0.1) is 0 Å². The van der Waals surface area contributed by atoms with Crippen LogP contribution in [0.1, 0.15) is 53.3 Å². The summed E-state index contributed by atoms with van der Waals surface area (Å²) < 4.78 is 0. The van der Waals surface area contributed by atoms with E-state index in [1.165, 1.54) is 11.1 Å². The van der Waals surface area contributed by atoms with Crippen LogP contribution in [0.25, 0.3) is 291 Å². The quantitative estimate of drug-likeness (QED) is 0.171. The normalized spacial score (nSPS) is 24.3. The predicted octanol–water partition coefficient (Wildman–Crippen LogP) is 19.0. The van der Waals surface area contributed by atoms with E-state index >= 15 is 0 Å². The summed E-state index contributed by atoms with van der Waals surface area (Å²) in [7, 11) is 0. The maximum atomic E-state index is 4.90. The lowest BCUT2D eigenvalue weighted by molar-refractivity contribution is 0.293. The molecule has 1 fully saturated rings. The summed E-state index contributed by atoms with van der Waals surface area (Å²) >= 11 is 0. The van der Waals surface area contributed by atoms with Crippen molar-refractivity contribution in [3.05, 3.63) is 57.6 Å². The molecule has 0 radical (unpaired) electrons. The van der Waals surface area contributed by atoms with Gasteiger partial charge in [0.05, 0.1) is 10.8 Å². The second-order valence-electron chi connectivity index (χ2n) is 27.6. The second-order valence-corrected chi connectivity index (χ2v) is 27.6. The molecule has 0 saturated carbocycles. The Hall–Kier alpha value is -8.36. The zero-order valence-corrected chi connectivity index (χ0v) is 38.5. The minimum Gasteiger partial charge on any atom is -0.305 e. The molecule has 1 aliphatic heterocycles. The van der Waals surface area contributed by atoms with Gasteiger partial charge in [-0.1, -0.05) is 43.7 Å². The van der Waals surface area contributed by atoms with E-state index in [1.54, 1.807) is 313 Å². The molecule has 2 atom stereocenters. The van der Waals surface area contributed by atoms with Crippen LogP contribution in [0, 0.1) is 12.8 Å². The van der Waals surface area contributed by atoms with Gasteiger partial charge in [0.15, 0.2) is 0 Å². The minimum absolute atomic E-state index is 0.108. The third-order valence-electron chi connectivity index (χ3n) is 26.8. The Morgan fingerprint density at radius 1 is 0.260 bits per heavy atom. The van der Waals surface area contributed by atoms with Gasteiger partial charge in [-0.2, -0.15) is 0 Å². The van der Waals surface area contributed by atoms with Crippen molar-refractivity contribution in [1.29, 1.82) is 0 Å². The van der Waals surface area contributed by atoms with E-state index in [0.29, 0.717) is 5.92 Å². The Morgan fingerprint density at radius 2 is 0.438 bits per heavy atom. The molecule has 1 nitrogen and oxygen atoms in total. The molecule has 29 aromatic carbocycles. The van der Waals surface area contributed by atoms with Crippen molar-refractivity contribution >= 4 is 291 Å². The van der Waals surface area contributed by atoms with Crippen molar-refractivity contribution in [3.63, 3.8) is 0 Å². The van der Waals surface area contributed by atoms with Gasteiger partial charge in [-0.3, -0.25) is 0 Å². The maximum absolute atomic E-state index is 4.90. The molecule has 310 valence electrons.